The summed E-state index contributed by atoms with van der Waals surface area (Å²) in [4.78, 5) is 13.8. The molecule has 0 amide bonds. The second-order valence-corrected chi connectivity index (χ2v) is 7.72. The van der Waals surface area contributed by atoms with Gasteiger partial charge in [-0.15, -0.1) is 10.2 Å². The zero-order valence-electron chi connectivity index (χ0n) is 15.7. The van der Waals surface area contributed by atoms with Gasteiger partial charge in [0.15, 0.2) is 12.4 Å². The van der Waals surface area contributed by atoms with Gasteiger partial charge >= 0.3 is 5.97 Å². The van der Waals surface area contributed by atoms with Crippen molar-refractivity contribution < 1.29 is 19.2 Å². The maximum Gasteiger partial charge on any atom is 0.327 e. The number of aryl methyl sites for hydroxylation is 1. The molecule has 29 heavy (non-hydrogen) atoms. The van der Waals surface area contributed by atoms with Crippen molar-refractivity contribution in [1.82, 2.24) is 25.4 Å². The highest BCUT2D eigenvalue weighted by molar-refractivity contribution is 9.10. The number of ether oxygens (including phenoxy) is 1. The predicted molar refractivity (Wildman–Crippen MR) is 106 cm³/mol. The third kappa shape index (κ3) is 4.56. The van der Waals surface area contributed by atoms with E-state index in [-0.39, 0.29) is 18.5 Å². The van der Waals surface area contributed by atoms with Gasteiger partial charge in [0, 0.05) is 36.5 Å². The molecule has 0 saturated carbocycles. The van der Waals surface area contributed by atoms with Crippen molar-refractivity contribution in [1.29, 1.82) is 0 Å². The number of hydrogen-bond donors (Lipinski definition) is 1. The molecular weight excluding hydrogens is 444 g/mol. The molecule has 1 N–H and O–H groups in total. The first kappa shape index (κ1) is 19.4. The molecule has 2 aromatic heterocycles. The molecule has 1 saturated heterocycles. The molecule has 1 aromatic carbocycles. The Morgan fingerprint density at radius 3 is 2.90 bits per heavy atom. The number of aromatic nitrogens is 5. The lowest BCUT2D eigenvalue weighted by Crippen LogP contribution is -2.38. The average molecular weight is 463 g/mol. The fourth-order valence-electron chi connectivity index (χ4n) is 3.13. The van der Waals surface area contributed by atoms with Crippen molar-refractivity contribution in [3.05, 3.63) is 34.3 Å². The van der Waals surface area contributed by atoms with Crippen LogP contribution in [0.5, 0.6) is 5.75 Å². The third-order valence-corrected chi connectivity index (χ3v) is 5.15. The maximum atomic E-state index is 10.7. The summed E-state index contributed by atoms with van der Waals surface area (Å²) in [5, 5.41) is 24.4. The Balaban J connectivity index is 1.36. The molecule has 0 unspecified atom stereocenters. The number of rotatable bonds is 6. The molecule has 4 rings (SSSR count). The standard InChI is InChI=1S/C18H19BrN6O4/c1-11-2-3-12(19)8-14(11)28-13-4-6-24(7-5-13)16-9-15(29-22-16)18-20-23-25(21-18)10-17(26)27/h2-3,8-9,13H,4-7,10H2,1H3,(H,26,27). The molecule has 152 valence electrons. The summed E-state index contributed by atoms with van der Waals surface area (Å²) in [7, 11) is 0. The summed E-state index contributed by atoms with van der Waals surface area (Å²) in [6.45, 7) is 3.24. The van der Waals surface area contributed by atoms with Gasteiger partial charge in [0.05, 0.1) is 0 Å². The molecule has 10 nitrogen and oxygen atoms in total. The van der Waals surface area contributed by atoms with Gasteiger partial charge in [-0.3, -0.25) is 4.79 Å². The van der Waals surface area contributed by atoms with Gasteiger partial charge in [-0.2, -0.15) is 4.80 Å². The van der Waals surface area contributed by atoms with Gasteiger partial charge in [0.25, 0.3) is 0 Å². The van der Waals surface area contributed by atoms with Crippen LogP contribution in [-0.2, 0) is 11.3 Å². The normalized spacial score (nSPS) is 14.9. The molecule has 0 bridgehead atoms. The largest absolute Gasteiger partial charge is 0.490 e. The van der Waals surface area contributed by atoms with E-state index in [9.17, 15) is 4.79 Å². The number of anilines is 1. The minimum absolute atomic E-state index is 0.142. The predicted octanol–water partition coefficient (Wildman–Crippen LogP) is 2.53. The fourth-order valence-corrected chi connectivity index (χ4v) is 3.47. The van der Waals surface area contributed by atoms with Crippen molar-refractivity contribution in [2.45, 2.75) is 32.4 Å². The lowest BCUT2D eigenvalue weighted by molar-refractivity contribution is -0.138. The fraction of sp³-hybridized carbons (Fsp3) is 0.389. The average Bonchev–Trinajstić information content (AvgIpc) is 3.34. The van der Waals surface area contributed by atoms with Gasteiger partial charge in [-0.1, -0.05) is 27.2 Å². The number of carbonyl (C=O) groups is 1. The monoisotopic (exact) mass is 462 g/mol. The molecule has 3 heterocycles. The topological polar surface area (TPSA) is 119 Å². The Morgan fingerprint density at radius 1 is 1.34 bits per heavy atom. The van der Waals surface area contributed by atoms with Crippen molar-refractivity contribution in [3.63, 3.8) is 0 Å². The summed E-state index contributed by atoms with van der Waals surface area (Å²) < 4.78 is 12.5. The summed E-state index contributed by atoms with van der Waals surface area (Å²) in [6.07, 6.45) is 1.87. The first-order chi connectivity index (χ1) is 14.0. The summed E-state index contributed by atoms with van der Waals surface area (Å²) in [5.41, 5.74) is 1.11. The smallest absolute Gasteiger partial charge is 0.327 e. The van der Waals surface area contributed by atoms with Crippen LogP contribution in [0.15, 0.2) is 33.3 Å². The minimum atomic E-state index is -1.05. The summed E-state index contributed by atoms with van der Waals surface area (Å²) in [5.74, 6) is 1.09. The number of carboxylic acids is 1. The minimum Gasteiger partial charge on any atom is -0.490 e. The lowest BCUT2D eigenvalue weighted by atomic mass is 10.1. The SMILES string of the molecule is Cc1ccc(Br)cc1OC1CCN(c2cc(-c3nnn(CC(=O)O)n3)on2)CC1. The van der Waals surface area contributed by atoms with Crippen LogP contribution < -0.4 is 9.64 Å². The van der Waals surface area contributed by atoms with Crippen LogP contribution in [-0.4, -0.2) is 55.6 Å². The van der Waals surface area contributed by atoms with Crippen molar-refractivity contribution in [2.24, 2.45) is 0 Å². The maximum absolute atomic E-state index is 10.7. The molecule has 1 aliphatic heterocycles. The molecule has 0 atom stereocenters. The number of piperidine rings is 1. The molecular formula is C18H19BrN6O4. The highest BCUT2D eigenvalue weighted by atomic mass is 79.9. The second-order valence-electron chi connectivity index (χ2n) is 6.80. The highest BCUT2D eigenvalue weighted by Crippen LogP contribution is 2.28. The van der Waals surface area contributed by atoms with Crippen molar-refractivity contribution in [2.75, 3.05) is 18.0 Å². The lowest BCUT2D eigenvalue weighted by Gasteiger charge is -2.32. The van der Waals surface area contributed by atoms with Crippen molar-refractivity contribution >= 4 is 27.7 Å². The van der Waals surface area contributed by atoms with Crippen LogP contribution >= 0.6 is 15.9 Å². The zero-order valence-corrected chi connectivity index (χ0v) is 17.2. The van der Waals surface area contributed by atoms with Crippen LogP contribution in [0, 0.1) is 6.92 Å². The van der Waals surface area contributed by atoms with E-state index in [0.717, 1.165) is 46.5 Å². The van der Waals surface area contributed by atoms with Crippen LogP contribution in [0.3, 0.4) is 0 Å². The van der Waals surface area contributed by atoms with Gasteiger partial charge in [0.2, 0.25) is 11.6 Å². The van der Waals surface area contributed by atoms with Gasteiger partial charge in [0.1, 0.15) is 11.9 Å². The Bertz CT molecular complexity index is 1010. The Kier molecular flexibility index (Phi) is 5.47. The molecule has 0 aliphatic carbocycles. The van der Waals surface area contributed by atoms with Gasteiger partial charge in [-0.25, -0.2) is 0 Å². The zero-order chi connectivity index (χ0) is 20.4. The summed E-state index contributed by atoms with van der Waals surface area (Å²) in [6, 6.07) is 7.77. The third-order valence-electron chi connectivity index (χ3n) is 4.66. The van der Waals surface area contributed by atoms with Crippen LogP contribution in [0.25, 0.3) is 11.6 Å². The van der Waals surface area contributed by atoms with Gasteiger partial charge < -0.3 is 19.3 Å². The number of tetrazole rings is 1. The first-order valence-corrected chi connectivity index (χ1v) is 9.91. The van der Waals surface area contributed by atoms with Crippen molar-refractivity contribution in [3.8, 4) is 17.3 Å². The molecule has 0 radical (unpaired) electrons. The van der Waals surface area contributed by atoms with Crippen LogP contribution in [0.4, 0.5) is 5.82 Å². The Hall–Kier alpha value is -2.95. The van der Waals surface area contributed by atoms with Crippen LogP contribution in [0.1, 0.15) is 18.4 Å². The second kappa shape index (κ2) is 8.19. The Morgan fingerprint density at radius 2 is 2.14 bits per heavy atom. The van der Waals surface area contributed by atoms with E-state index in [1.165, 1.54) is 0 Å². The number of halogens is 1. The Labute approximate surface area is 174 Å². The molecule has 1 aliphatic rings. The quantitative estimate of drug-likeness (QED) is 0.588. The number of nitrogens with zero attached hydrogens (tertiary/aromatic N) is 6. The van der Waals surface area contributed by atoms with E-state index < -0.39 is 5.97 Å². The van der Waals surface area contributed by atoms with E-state index in [2.05, 4.69) is 41.4 Å². The molecule has 3 aromatic rings. The number of carboxylic acid groups (broad SMARTS) is 1. The summed E-state index contributed by atoms with van der Waals surface area (Å²) >= 11 is 3.48. The van der Waals surface area contributed by atoms with E-state index in [4.69, 9.17) is 14.4 Å². The van der Waals surface area contributed by atoms with Crippen LogP contribution in [0.2, 0.25) is 0 Å². The number of hydrogen-bond acceptors (Lipinski definition) is 8. The molecule has 11 heteroatoms. The highest BCUT2D eigenvalue weighted by Gasteiger charge is 2.24. The van der Waals surface area contributed by atoms with Gasteiger partial charge in [-0.05, 0) is 29.8 Å². The number of aliphatic carboxylic acids is 1. The van der Waals surface area contributed by atoms with E-state index in [1.807, 2.05) is 25.1 Å². The first-order valence-electron chi connectivity index (χ1n) is 9.12. The molecule has 0 spiro atoms. The number of benzene rings is 1. The molecule has 1 fully saturated rings. The van der Waals surface area contributed by atoms with E-state index in [0.29, 0.717) is 11.6 Å². The van der Waals surface area contributed by atoms with E-state index in [1.54, 1.807) is 6.07 Å². The van der Waals surface area contributed by atoms with E-state index >= 15 is 0 Å².